The molecule has 0 aliphatic heterocycles. The smallest absolute Gasteiger partial charge is 0.269 e. The summed E-state index contributed by atoms with van der Waals surface area (Å²) >= 11 is 1.18. The van der Waals surface area contributed by atoms with Gasteiger partial charge < -0.3 is 0 Å². The predicted molar refractivity (Wildman–Crippen MR) is 66.1 cm³/mol. The molecule has 1 heterocycles. The number of hydrogen-bond acceptors (Lipinski definition) is 5. The Labute approximate surface area is 106 Å². The van der Waals surface area contributed by atoms with Crippen LogP contribution in [-0.2, 0) is 0 Å². The van der Waals surface area contributed by atoms with Gasteiger partial charge in [-0.3, -0.25) is 19.7 Å². The van der Waals surface area contributed by atoms with Gasteiger partial charge in [0, 0.05) is 17.7 Å². The first-order valence-corrected chi connectivity index (χ1v) is 5.84. The number of hydrogen-bond donors (Lipinski definition) is 0. The maximum atomic E-state index is 11.8. The van der Waals surface area contributed by atoms with E-state index >= 15 is 0 Å². The Morgan fingerprint density at radius 1 is 1.06 bits per heavy atom. The lowest BCUT2D eigenvalue weighted by Gasteiger charge is -1.98. The van der Waals surface area contributed by atoms with Crippen molar-refractivity contribution in [2.45, 2.75) is 0 Å². The molecule has 0 saturated heterocycles. The Morgan fingerprint density at radius 3 is 2.22 bits per heavy atom. The van der Waals surface area contributed by atoms with Gasteiger partial charge in [-0.1, -0.05) is 6.07 Å². The number of carbonyl (C=O) groups excluding carboxylic acids is 2. The molecule has 1 aromatic heterocycles. The average Bonchev–Trinajstić information content (AvgIpc) is 2.91. The number of nitrogens with zero attached hydrogens (tertiary/aromatic N) is 1. The highest BCUT2D eigenvalue weighted by Crippen LogP contribution is 2.16. The second-order valence-electron chi connectivity index (χ2n) is 3.44. The third-order valence-corrected chi connectivity index (χ3v) is 3.16. The summed E-state index contributed by atoms with van der Waals surface area (Å²) in [5.41, 5.74) is 0.0362. The topological polar surface area (TPSA) is 77.3 Å². The second-order valence-corrected chi connectivity index (χ2v) is 4.39. The average molecular weight is 261 g/mol. The molecule has 0 bridgehead atoms. The van der Waals surface area contributed by atoms with Gasteiger partial charge in [-0.25, -0.2) is 0 Å². The number of Topliss-reactive ketones (excluding diaryl/α,β-unsaturated/α-hetero) is 2. The Balaban J connectivity index is 2.24. The fourth-order valence-electron chi connectivity index (χ4n) is 1.39. The molecule has 2 aromatic rings. The molecule has 0 N–H and O–H groups in total. The van der Waals surface area contributed by atoms with E-state index in [1.807, 2.05) is 0 Å². The number of carbonyl (C=O) groups is 2. The van der Waals surface area contributed by atoms with Gasteiger partial charge in [0.2, 0.25) is 11.6 Å². The zero-order chi connectivity index (χ0) is 13.1. The standard InChI is InChI=1S/C12H7NO4S/c14-11(12(15)10-2-1-7-18-10)8-3-5-9(6-4-8)13(16)17/h1-7H. The maximum Gasteiger partial charge on any atom is 0.269 e. The van der Waals surface area contributed by atoms with Gasteiger partial charge in [-0.15, -0.1) is 11.3 Å². The van der Waals surface area contributed by atoms with Crippen molar-refractivity contribution in [1.82, 2.24) is 0 Å². The highest BCUT2D eigenvalue weighted by Gasteiger charge is 2.19. The van der Waals surface area contributed by atoms with Crippen molar-refractivity contribution in [3.05, 3.63) is 62.3 Å². The first-order chi connectivity index (χ1) is 8.59. The van der Waals surface area contributed by atoms with E-state index < -0.39 is 16.5 Å². The van der Waals surface area contributed by atoms with Crippen molar-refractivity contribution in [3.8, 4) is 0 Å². The van der Waals surface area contributed by atoms with Gasteiger partial charge in [0.1, 0.15) is 0 Å². The van der Waals surface area contributed by atoms with Crippen LogP contribution >= 0.6 is 11.3 Å². The zero-order valence-electron chi connectivity index (χ0n) is 9.03. The van der Waals surface area contributed by atoms with Crippen molar-refractivity contribution in [2.24, 2.45) is 0 Å². The molecule has 0 unspecified atom stereocenters. The molecule has 0 aliphatic carbocycles. The Kier molecular flexibility index (Phi) is 3.29. The summed E-state index contributed by atoms with van der Waals surface area (Å²) in [6, 6.07) is 8.22. The number of nitro groups is 1. The number of thiophene rings is 1. The monoisotopic (exact) mass is 261 g/mol. The number of ketones is 2. The lowest BCUT2D eigenvalue weighted by Crippen LogP contribution is -2.12. The molecular weight excluding hydrogens is 254 g/mol. The van der Waals surface area contributed by atoms with Gasteiger partial charge in [-0.2, -0.15) is 0 Å². The van der Waals surface area contributed by atoms with Crippen LogP contribution in [0.4, 0.5) is 5.69 Å². The molecule has 0 atom stereocenters. The summed E-state index contributed by atoms with van der Waals surface area (Å²) in [5.74, 6) is -1.26. The fourth-order valence-corrected chi connectivity index (χ4v) is 2.05. The molecule has 0 saturated carbocycles. The van der Waals surface area contributed by atoms with Gasteiger partial charge >= 0.3 is 0 Å². The summed E-state index contributed by atoms with van der Waals surface area (Å²) in [4.78, 5) is 33.8. The van der Waals surface area contributed by atoms with Crippen molar-refractivity contribution in [1.29, 1.82) is 0 Å². The van der Waals surface area contributed by atoms with Crippen LogP contribution in [0.3, 0.4) is 0 Å². The number of benzene rings is 1. The molecule has 0 radical (unpaired) electrons. The highest BCUT2D eigenvalue weighted by atomic mass is 32.1. The van der Waals surface area contributed by atoms with E-state index in [0.29, 0.717) is 4.88 Å². The first-order valence-electron chi connectivity index (χ1n) is 4.96. The number of nitro benzene ring substituents is 1. The van der Waals surface area contributed by atoms with Crippen LogP contribution in [0, 0.1) is 10.1 Å². The summed E-state index contributed by atoms with van der Waals surface area (Å²) in [7, 11) is 0. The van der Waals surface area contributed by atoms with E-state index in [9.17, 15) is 19.7 Å². The van der Waals surface area contributed by atoms with Crippen LogP contribution in [0.1, 0.15) is 20.0 Å². The zero-order valence-corrected chi connectivity index (χ0v) is 9.85. The van der Waals surface area contributed by atoms with E-state index in [-0.39, 0.29) is 11.3 Å². The summed E-state index contributed by atoms with van der Waals surface area (Å²) in [6.45, 7) is 0. The van der Waals surface area contributed by atoms with Crippen molar-refractivity contribution >= 4 is 28.6 Å². The molecule has 5 nitrogen and oxygen atoms in total. The lowest BCUT2D eigenvalue weighted by atomic mass is 10.1. The maximum absolute atomic E-state index is 11.8. The van der Waals surface area contributed by atoms with Gasteiger partial charge in [0.05, 0.1) is 9.80 Å². The Bertz CT molecular complexity index is 602. The van der Waals surface area contributed by atoms with Gasteiger partial charge in [-0.05, 0) is 23.6 Å². The first kappa shape index (κ1) is 12.1. The van der Waals surface area contributed by atoms with Gasteiger partial charge in [0.25, 0.3) is 5.69 Å². The molecular formula is C12H7NO4S. The summed E-state index contributed by atoms with van der Waals surface area (Å²) in [6.07, 6.45) is 0. The molecule has 2 rings (SSSR count). The highest BCUT2D eigenvalue weighted by molar-refractivity contribution is 7.13. The van der Waals surface area contributed by atoms with E-state index in [1.165, 1.54) is 35.6 Å². The van der Waals surface area contributed by atoms with Crippen LogP contribution in [0.25, 0.3) is 0 Å². The fraction of sp³-hybridized carbons (Fsp3) is 0. The SMILES string of the molecule is O=C(C(=O)c1cccs1)c1ccc([N+](=O)[O-])cc1. The second kappa shape index (κ2) is 4.89. The minimum absolute atomic E-state index is 0.116. The van der Waals surface area contributed by atoms with Crippen LogP contribution in [0.5, 0.6) is 0 Å². The van der Waals surface area contributed by atoms with E-state index in [2.05, 4.69) is 0 Å². The Hall–Kier alpha value is -2.34. The molecule has 1 aromatic carbocycles. The molecule has 90 valence electrons. The van der Waals surface area contributed by atoms with Crippen molar-refractivity contribution in [2.75, 3.05) is 0 Å². The van der Waals surface area contributed by atoms with Crippen molar-refractivity contribution < 1.29 is 14.5 Å². The largest absolute Gasteiger partial charge is 0.285 e. The van der Waals surface area contributed by atoms with E-state index in [4.69, 9.17) is 0 Å². The minimum atomic E-state index is -0.660. The summed E-state index contributed by atoms with van der Waals surface area (Å²) in [5, 5.41) is 12.2. The van der Waals surface area contributed by atoms with Gasteiger partial charge in [0.15, 0.2) is 0 Å². The molecule has 0 amide bonds. The molecule has 0 fully saturated rings. The van der Waals surface area contributed by atoms with Crippen molar-refractivity contribution in [3.63, 3.8) is 0 Å². The van der Waals surface area contributed by atoms with Crippen LogP contribution in [0.2, 0.25) is 0 Å². The molecule has 0 spiro atoms. The van der Waals surface area contributed by atoms with E-state index in [0.717, 1.165) is 0 Å². The third-order valence-electron chi connectivity index (χ3n) is 2.29. The summed E-state index contributed by atoms with van der Waals surface area (Å²) < 4.78 is 0. The molecule has 0 aliphatic rings. The molecule has 6 heteroatoms. The Morgan fingerprint density at radius 2 is 1.72 bits per heavy atom. The molecule has 18 heavy (non-hydrogen) atoms. The quantitative estimate of drug-likeness (QED) is 0.367. The number of rotatable bonds is 4. The normalized spacial score (nSPS) is 10.0. The lowest BCUT2D eigenvalue weighted by molar-refractivity contribution is -0.384. The van der Waals surface area contributed by atoms with Crippen LogP contribution in [-0.4, -0.2) is 16.5 Å². The third kappa shape index (κ3) is 2.33. The number of non-ortho nitro benzene ring substituents is 1. The van der Waals surface area contributed by atoms with E-state index in [1.54, 1.807) is 17.5 Å². The minimum Gasteiger partial charge on any atom is -0.285 e. The van der Waals surface area contributed by atoms with Crippen LogP contribution in [0.15, 0.2) is 41.8 Å². The van der Waals surface area contributed by atoms with Crippen LogP contribution < -0.4 is 0 Å². The predicted octanol–water partition coefficient (Wildman–Crippen LogP) is 2.72.